The van der Waals surface area contributed by atoms with Crippen LogP contribution in [0.4, 0.5) is 18.9 Å². The van der Waals surface area contributed by atoms with Crippen molar-refractivity contribution in [2.75, 3.05) is 11.1 Å². The summed E-state index contributed by atoms with van der Waals surface area (Å²) in [7, 11) is 0. The van der Waals surface area contributed by atoms with Crippen LogP contribution in [0.1, 0.15) is 5.56 Å². The number of nitrogens with one attached hydrogen (secondary N) is 2. The number of hydrogen-bond acceptors (Lipinski definition) is 6. The summed E-state index contributed by atoms with van der Waals surface area (Å²) in [6.45, 7) is 0. The normalized spacial score (nSPS) is 11.5. The van der Waals surface area contributed by atoms with Crippen LogP contribution in [0.15, 0.2) is 60.3 Å². The molecule has 1 amide bonds. The number of aromatic amines is 1. The molecule has 2 aromatic carbocycles. The van der Waals surface area contributed by atoms with E-state index in [1.165, 1.54) is 23.4 Å². The van der Waals surface area contributed by atoms with E-state index in [1.54, 1.807) is 24.3 Å². The molecule has 2 aromatic heterocycles. The first-order chi connectivity index (χ1) is 15.3. The second-order valence-electron chi connectivity index (χ2n) is 6.38. The second-order valence-corrected chi connectivity index (χ2v) is 7.76. The molecular formula is C19H13ClF3N7OS. The van der Waals surface area contributed by atoms with Crippen LogP contribution in [-0.4, -0.2) is 41.6 Å². The molecule has 0 saturated heterocycles. The van der Waals surface area contributed by atoms with Crippen LogP contribution in [-0.2, 0) is 11.0 Å². The van der Waals surface area contributed by atoms with Gasteiger partial charge < -0.3 is 5.32 Å². The van der Waals surface area contributed by atoms with Gasteiger partial charge in [0.1, 0.15) is 12.7 Å². The molecule has 2 heterocycles. The van der Waals surface area contributed by atoms with Gasteiger partial charge in [-0.15, -0.1) is 5.10 Å². The molecule has 0 aliphatic rings. The van der Waals surface area contributed by atoms with Gasteiger partial charge in [-0.05, 0) is 42.5 Å². The molecule has 0 radical (unpaired) electrons. The molecule has 32 heavy (non-hydrogen) atoms. The van der Waals surface area contributed by atoms with Crippen LogP contribution in [0.3, 0.4) is 0 Å². The first-order valence-electron chi connectivity index (χ1n) is 8.97. The van der Waals surface area contributed by atoms with Crippen LogP contribution in [0, 0.1) is 0 Å². The molecular weight excluding hydrogens is 467 g/mol. The fraction of sp³-hybridized carbons (Fsp3) is 0.105. The summed E-state index contributed by atoms with van der Waals surface area (Å²) in [5.41, 5.74) is 0.0649. The fourth-order valence-corrected chi connectivity index (χ4v) is 3.43. The Hall–Kier alpha value is -3.38. The van der Waals surface area contributed by atoms with Crippen molar-refractivity contribution in [1.82, 2.24) is 29.9 Å². The quantitative estimate of drug-likeness (QED) is 0.396. The Bertz CT molecular complexity index is 1230. The third-order valence-electron chi connectivity index (χ3n) is 4.18. The lowest BCUT2D eigenvalue weighted by Gasteiger charge is -2.14. The average molecular weight is 480 g/mol. The van der Waals surface area contributed by atoms with Gasteiger partial charge >= 0.3 is 6.18 Å². The van der Waals surface area contributed by atoms with Crippen molar-refractivity contribution < 1.29 is 18.0 Å². The first kappa shape index (κ1) is 21.8. The molecule has 8 nitrogen and oxygen atoms in total. The molecule has 2 N–H and O–H groups in total. The van der Waals surface area contributed by atoms with E-state index in [9.17, 15) is 18.0 Å². The second kappa shape index (κ2) is 9.01. The molecule has 0 saturated carbocycles. The number of carbonyl (C=O) groups excluding carboxylic acids is 1. The van der Waals surface area contributed by atoms with Crippen molar-refractivity contribution in [1.29, 1.82) is 0 Å². The van der Waals surface area contributed by atoms with Gasteiger partial charge in [0.05, 0.1) is 22.7 Å². The number of rotatable bonds is 6. The van der Waals surface area contributed by atoms with E-state index in [0.717, 1.165) is 29.5 Å². The summed E-state index contributed by atoms with van der Waals surface area (Å²) in [4.78, 5) is 20.5. The summed E-state index contributed by atoms with van der Waals surface area (Å²) in [6, 6.07) is 9.93. The molecule has 4 aromatic rings. The molecule has 164 valence electrons. The topological polar surface area (TPSA) is 101 Å². The van der Waals surface area contributed by atoms with E-state index >= 15 is 0 Å². The number of nitrogens with zero attached hydrogens (tertiary/aromatic N) is 5. The fourth-order valence-electron chi connectivity index (χ4n) is 2.71. The molecule has 0 bridgehead atoms. The standard InChI is InChI=1S/C19H13ClF3N7OS/c20-13-4-1-11(2-5-13)17-27-18(29-28-17)32-8-16(31)26-14-7-12(19(21,22)23)3-6-15(14)30-10-24-9-25-30/h1-7,9-10H,8H2,(H,26,31)(H,27,28,29). The third kappa shape index (κ3) is 5.08. The van der Waals surface area contributed by atoms with Gasteiger partial charge in [-0.25, -0.2) is 14.6 Å². The van der Waals surface area contributed by atoms with Crippen molar-refractivity contribution in [3.05, 3.63) is 65.7 Å². The number of thioether (sulfide) groups is 1. The Morgan fingerprint density at radius 3 is 2.66 bits per heavy atom. The molecule has 0 spiro atoms. The average Bonchev–Trinajstić information content (AvgIpc) is 3.44. The maximum Gasteiger partial charge on any atom is 0.416 e. The third-order valence-corrected chi connectivity index (χ3v) is 5.28. The van der Waals surface area contributed by atoms with E-state index < -0.39 is 17.6 Å². The van der Waals surface area contributed by atoms with Crippen molar-refractivity contribution in [3.8, 4) is 17.1 Å². The number of hydrogen-bond donors (Lipinski definition) is 2. The molecule has 4 rings (SSSR count). The van der Waals surface area contributed by atoms with E-state index in [4.69, 9.17) is 11.6 Å². The number of halogens is 4. The van der Waals surface area contributed by atoms with Gasteiger partial charge in [-0.3, -0.25) is 9.89 Å². The van der Waals surface area contributed by atoms with Gasteiger partial charge in [0.25, 0.3) is 0 Å². The van der Waals surface area contributed by atoms with Gasteiger partial charge in [0.2, 0.25) is 11.1 Å². The van der Waals surface area contributed by atoms with Crippen LogP contribution < -0.4 is 5.32 Å². The van der Waals surface area contributed by atoms with Crippen molar-refractivity contribution in [2.45, 2.75) is 11.3 Å². The van der Waals surface area contributed by atoms with Crippen LogP contribution in [0.25, 0.3) is 17.1 Å². The highest BCUT2D eigenvalue weighted by Crippen LogP contribution is 2.33. The Balaban J connectivity index is 1.46. The lowest BCUT2D eigenvalue weighted by Crippen LogP contribution is -2.17. The number of anilines is 1. The molecule has 0 unspecified atom stereocenters. The summed E-state index contributed by atoms with van der Waals surface area (Å²) >= 11 is 6.90. The van der Waals surface area contributed by atoms with Crippen molar-refractivity contribution >= 4 is 35.0 Å². The maximum atomic E-state index is 13.1. The van der Waals surface area contributed by atoms with Gasteiger partial charge in [0, 0.05) is 10.6 Å². The largest absolute Gasteiger partial charge is 0.416 e. The highest BCUT2D eigenvalue weighted by molar-refractivity contribution is 7.99. The zero-order valence-electron chi connectivity index (χ0n) is 16.0. The van der Waals surface area contributed by atoms with Gasteiger partial charge in [0.15, 0.2) is 5.82 Å². The monoisotopic (exact) mass is 479 g/mol. The van der Waals surface area contributed by atoms with Crippen molar-refractivity contribution in [3.63, 3.8) is 0 Å². The summed E-state index contributed by atoms with van der Waals surface area (Å²) in [5.74, 6) is -0.158. The SMILES string of the molecule is O=C(CSc1n[nH]c(-c2ccc(Cl)cc2)n1)Nc1cc(C(F)(F)F)ccc1-n1cncn1. The van der Waals surface area contributed by atoms with E-state index in [1.807, 2.05) is 0 Å². The Morgan fingerprint density at radius 1 is 1.19 bits per heavy atom. The van der Waals surface area contributed by atoms with Crippen LogP contribution in [0.5, 0.6) is 0 Å². The van der Waals surface area contributed by atoms with E-state index in [-0.39, 0.29) is 17.1 Å². The molecule has 0 aliphatic carbocycles. The number of aromatic nitrogens is 6. The lowest BCUT2D eigenvalue weighted by atomic mass is 10.1. The van der Waals surface area contributed by atoms with Crippen LogP contribution >= 0.6 is 23.4 Å². The van der Waals surface area contributed by atoms with Crippen LogP contribution in [0.2, 0.25) is 5.02 Å². The Labute approximate surface area is 188 Å². The smallest absolute Gasteiger partial charge is 0.323 e. The molecule has 0 fully saturated rings. The Morgan fingerprint density at radius 2 is 1.97 bits per heavy atom. The number of alkyl halides is 3. The summed E-state index contributed by atoms with van der Waals surface area (Å²) < 4.78 is 40.7. The summed E-state index contributed by atoms with van der Waals surface area (Å²) in [5, 5.41) is 14.1. The van der Waals surface area contributed by atoms with Gasteiger partial charge in [-0.1, -0.05) is 23.4 Å². The number of carbonyl (C=O) groups is 1. The highest BCUT2D eigenvalue weighted by atomic mass is 35.5. The molecule has 13 heteroatoms. The Kier molecular flexibility index (Phi) is 6.15. The minimum absolute atomic E-state index is 0.0484. The lowest BCUT2D eigenvalue weighted by molar-refractivity contribution is -0.137. The molecule has 0 aliphatic heterocycles. The predicted octanol–water partition coefficient (Wildman–Crippen LogP) is 4.46. The first-order valence-corrected chi connectivity index (χ1v) is 10.3. The maximum absolute atomic E-state index is 13.1. The van der Waals surface area contributed by atoms with Gasteiger partial charge in [-0.2, -0.15) is 18.3 Å². The number of H-pyrrole nitrogens is 1. The van der Waals surface area contributed by atoms with Crippen molar-refractivity contribution in [2.24, 2.45) is 0 Å². The molecule has 0 atom stereocenters. The minimum Gasteiger partial charge on any atom is -0.323 e. The predicted molar refractivity (Wildman–Crippen MR) is 113 cm³/mol. The zero-order valence-corrected chi connectivity index (χ0v) is 17.5. The summed E-state index contributed by atoms with van der Waals surface area (Å²) in [6.07, 6.45) is -2.01. The highest BCUT2D eigenvalue weighted by Gasteiger charge is 2.31. The van der Waals surface area contributed by atoms with E-state index in [2.05, 4.69) is 30.6 Å². The minimum atomic E-state index is -4.56. The zero-order chi connectivity index (χ0) is 22.7. The number of benzene rings is 2. The van der Waals surface area contributed by atoms with E-state index in [0.29, 0.717) is 16.0 Å². The number of amides is 1.